The maximum atomic E-state index is 13.2. The van der Waals surface area contributed by atoms with Crippen LogP contribution in [0.25, 0.3) is 11.0 Å². The van der Waals surface area contributed by atoms with Gasteiger partial charge < -0.3 is 9.30 Å². The van der Waals surface area contributed by atoms with Crippen molar-refractivity contribution in [3.8, 4) is 0 Å². The maximum Gasteiger partial charge on any atom is 0.340 e. The number of ether oxygens (including phenoxy) is 1. The lowest BCUT2D eigenvalue weighted by Crippen LogP contribution is -2.15. The average molecular weight is 434 g/mol. The highest BCUT2D eigenvalue weighted by Gasteiger charge is 2.19. The van der Waals surface area contributed by atoms with Gasteiger partial charge in [0.25, 0.3) is 0 Å². The van der Waals surface area contributed by atoms with Gasteiger partial charge in [-0.05, 0) is 50.6 Å². The van der Waals surface area contributed by atoms with E-state index in [1.165, 1.54) is 18.3 Å². The molecule has 8 heteroatoms. The molecule has 0 spiro atoms. The van der Waals surface area contributed by atoms with Crippen molar-refractivity contribution in [2.75, 3.05) is 6.61 Å². The van der Waals surface area contributed by atoms with Gasteiger partial charge in [-0.1, -0.05) is 12.1 Å². The van der Waals surface area contributed by atoms with Gasteiger partial charge in [-0.2, -0.15) is 5.10 Å². The molecule has 1 aromatic carbocycles. The molecule has 3 aromatic heterocycles. The first-order valence-corrected chi connectivity index (χ1v) is 10.2. The number of hydrogen-bond acceptors (Lipinski definition) is 5. The number of hydrogen-bond donors (Lipinski definition) is 0. The second-order valence-electron chi connectivity index (χ2n) is 7.80. The monoisotopic (exact) mass is 434 g/mol. The van der Waals surface area contributed by atoms with Crippen LogP contribution in [0.4, 0.5) is 4.39 Å². The van der Waals surface area contributed by atoms with Crippen LogP contribution in [0.2, 0.25) is 0 Å². The minimum absolute atomic E-state index is 0.267. The van der Waals surface area contributed by atoms with Crippen molar-refractivity contribution in [2.24, 2.45) is 7.05 Å². The van der Waals surface area contributed by atoms with Crippen molar-refractivity contribution in [1.82, 2.24) is 19.3 Å². The molecule has 4 rings (SSSR count). The number of aryl methyl sites for hydroxylation is 3. The number of rotatable bonds is 6. The molecule has 0 saturated carbocycles. The third-order valence-electron chi connectivity index (χ3n) is 5.56. The fourth-order valence-corrected chi connectivity index (χ4v) is 3.81. The highest BCUT2D eigenvalue weighted by Crippen LogP contribution is 2.20. The molecule has 4 aromatic rings. The third kappa shape index (κ3) is 4.03. The van der Waals surface area contributed by atoms with Gasteiger partial charge in [0.05, 0.1) is 11.3 Å². The third-order valence-corrected chi connectivity index (χ3v) is 5.56. The van der Waals surface area contributed by atoms with Crippen LogP contribution in [0.15, 0.2) is 42.6 Å². The van der Waals surface area contributed by atoms with Crippen molar-refractivity contribution < 1.29 is 18.7 Å². The summed E-state index contributed by atoms with van der Waals surface area (Å²) in [5.41, 5.74) is 4.77. The number of nitrogens with zero attached hydrogens (tertiary/aromatic N) is 4. The second-order valence-corrected chi connectivity index (χ2v) is 7.80. The van der Waals surface area contributed by atoms with Crippen LogP contribution in [-0.4, -0.2) is 37.7 Å². The van der Waals surface area contributed by atoms with Gasteiger partial charge in [-0.25, -0.2) is 14.2 Å². The number of halogens is 1. The summed E-state index contributed by atoms with van der Waals surface area (Å²) >= 11 is 0. The number of benzene rings is 1. The summed E-state index contributed by atoms with van der Waals surface area (Å²) in [6.07, 6.45) is 1.42. The molecule has 0 aliphatic carbocycles. The molecule has 0 unspecified atom stereocenters. The van der Waals surface area contributed by atoms with Gasteiger partial charge in [-0.15, -0.1) is 0 Å². The average Bonchev–Trinajstić information content (AvgIpc) is 3.22. The molecule has 7 nitrogen and oxygen atoms in total. The Balaban J connectivity index is 1.46. The van der Waals surface area contributed by atoms with Crippen molar-refractivity contribution in [3.05, 3.63) is 82.2 Å². The van der Waals surface area contributed by atoms with Gasteiger partial charge in [-0.3, -0.25) is 9.48 Å². The zero-order valence-corrected chi connectivity index (χ0v) is 18.3. The van der Waals surface area contributed by atoms with E-state index < -0.39 is 5.97 Å². The van der Waals surface area contributed by atoms with Crippen LogP contribution in [0.1, 0.15) is 43.4 Å². The van der Waals surface area contributed by atoms with Gasteiger partial charge in [0.15, 0.2) is 12.3 Å². The fourth-order valence-electron chi connectivity index (χ4n) is 3.81. The number of aromatic nitrogens is 4. The van der Waals surface area contributed by atoms with Crippen LogP contribution in [0, 0.1) is 26.6 Å². The normalized spacial score (nSPS) is 11.2. The van der Waals surface area contributed by atoms with Crippen LogP contribution in [0.3, 0.4) is 0 Å². The van der Waals surface area contributed by atoms with Crippen molar-refractivity contribution in [1.29, 1.82) is 0 Å². The Bertz CT molecular complexity index is 1340. The molecular formula is C24H23FN4O3. The number of Topliss-reactive ketones (excluding diaryl/α,β-unsaturated/α-hetero) is 1. The molecule has 164 valence electrons. The molecule has 0 fully saturated rings. The zero-order valence-electron chi connectivity index (χ0n) is 18.3. The maximum absolute atomic E-state index is 13.2. The van der Waals surface area contributed by atoms with E-state index in [-0.39, 0.29) is 23.8 Å². The summed E-state index contributed by atoms with van der Waals surface area (Å²) < 4.78 is 22.1. The lowest BCUT2D eigenvalue weighted by Gasteiger charge is -2.10. The topological polar surface area (TPSA) is 79.0 Å². The van der Waals surface area contributed by atoms with E-state index in [9.17, 15) is 14.0 Å². The van der Waals surface area contributed by atoms with E-state index in [0.29, 0.717) is 17.8 Å². The zero-order chi connectivity index (χ0) is 23.0. The Morgan fingerprint density at radius 2 is 1.81 bits per heavy atom. The molecular weight excluding hydrogens is 411 g/mol. The number of ketones is 1. The number of carbonyl (C=O) groups excluding carboxylic acids is 2. The number of fused-ring (bicyclic) bond motifs is 1. The molecule has 0 aliphatic heterocycles. The number of pyridine rings is 1. The molecule has 0 radical (unpaired) electrons. The van der Waals surface area contributed by atoms with Gasteiger partial charge in [0.2, 0.25) is 5.78 Å². The second kappa shape index (κ2) is 8.37. The fraction of sp³-hybridized carbons (Fsp3) is 0.250. The summed E-state index contributed by atoms with van der Waals surface area (Å²) in [7, 11) is 1.78. The Kier molecular flexibility index (Phi) is 5.61. The van der Waals surface area contributed by atoms with E-state index in [4.69, 9.17) is 4.74 Å². The molecule has 0 aliphatic rings. The summed E-state index contributed by atoms with van der Waals surface area (Å²) in [5, 5.41) is 5.05. The Morgan fingerprint density at radius 3 is 2.53 bits per heavy atom. The smallest absolute Gasteiger partial charge is 0.340 e. The summed E-state index contributed by atoms with van der Waals surface area (Å²) in [4.78, 5) is 29.5. The highest BCUT2D eigenvalue weighted by atomic mass is 19.1. The SMILES string of the molecule is Cc1nn(C)c2ncc(C(=O)OCC(=O)c3cc(C)n(Cc4ccc(F)cc4)c3C)cc12. The number of esters is 1. The quantitative estimate of drug-likeness (QED) is 0.339. The van der Waals surface area contributed by atoms with Gasteiger partial charge in [0, 0.05) is 42.1 Å². The lowest BCUT2D eigenvalue weighted by molar-refractivity contribution is 0.0474. The van der Waals surface area contributed by atoms with Gasteiger partial charge >= 0.3 is 5.97 Å². The van der Waals surface area contributed by atoms with Crippen molar-refractivity contribution in [2.45, 2.75) is 27.3 Å². The van der Waals surface area contributed by atoms with Crippen LogP contribution < -0.4 is 0 Å². The largest absolute Gasteiger partial charge is 0.454 e. The minimum Gasteiger partial charge on any atom is -0.454 e. The first-order chi connectivity index (χ1) is 15.2. The van der Waals surface area contributed by atoms with E-state index in [1.54, 1.807) is 36.0 Å². The van der Waals surface area contributed by atoms with E-state index in [0.717, 1.165) is 28.0 Å². The minimum atomic E-state index is -0.615. The van der Waals surface area contributed by atoms with E-state index >= 15 is 0 Å². The molecule has 32 heavy (non-hydrogen) atoms. The molecule has 0 saturated heterocycles. The Hall–Kier alpha value is -3.81. The van der Waals surface area contributed by atoms with Crippen LogP contribution >= 0.6 is 0 Å². The van der Waals surface area contributed by atoms with Gasteiger partial charge in [0.1, 0.15) is 5.82 Å². The molecule has 0 atom stereocenters. The summed E-state index contributed by atoms with van der Waals surface area (Å²) in [6, 6.07) is 9.70. The predicted octanol–water partition coefficient (Wildman–Crippen LogP) is 3.92. The molecule has 0 N–H and O–H groups in total. The Morgan fingerprint density at radius 1 is 1.09 bits per heavy atom. The van der Waals surface area contributed by atoms with Crippen LogP contribution in [-0.2, 0) is 18.3 Å². The standard InChI is InChI=1S/C24H23FN4O3/c1-14-9-21(16(3)29(14)12-17-5-7-19(25)8-6-17)22(30)13-32-24(31)18-10-20-15(2)27-28(4)23(20)26-11-18/h5-11H,12-13H2,1-4H3. The lowest BCUT2D eigenvalue weighted by atomic mass is 10.1. The number of carbonyl (C=O) groups is 2. The van der Waals surface area contributed by atoms with Crippen molar-refractivity contribution in [3.63, 3.8) is 0 Å². The summed E-state index contributed by atoms with van der Waals surface area (Å²) in [6.45, 7) is 5.72. The van der Waals surface area contributed by atoms with E-state index in [1.807, 2.05) is 25.3 Å². The first kappa shape index (κ1) is 21.4. The Labute approximate surface area is 184 Å². The molecule has 3 heterocycles. The molecule has 0 bridgehead atoms. The highest BCUT2D eigenvalue weighted by molar-refractivity contribution is 6.01. The van der Waals surface area contributed by atoms with Crippen LogP contribution in [0.5, 0.6) is 0 Å². The van der Waals surface area contributed by atoms with E-state index in [2.05, 4.69) is 10.1 Å². The molecule has 0 amide bonds. The first-order valence-electron chi connectivity index (χ1n) is 10.2. The van der Waals surface area contributed by atoms with Crippen molar-refractivity contribution >= 4 is 22.8 Å². The predicted molar refractivity (Wildman–Crippen MR) is 117 cm³/mol. The summed E-state index contributed by atoms with van der Waals surface area (Å²) in [5.74, 6) is -1.19.